The van der Waals surface area contributed by atoms with Gasteiger partial charge in [-0.05, 0) is 11.4 Å². The van der Waals surface area contributed by atoms with Crippen molar-refractivity contribution in [1.82, 2.24) is 10.2 Å². The molecule has 0 saturated carbocycles. The van der Waals surface area contributed by atoms with Gasteiger partial charge in [0.05, 0.1) is 25.9 Å². The molecule has 0 bridgehead atoms. The minimum absolute atomic E-state index is 0.0213. The molecule has 2 rings (SSSR count). The van der Waals surface area contributed by atoms with Crippen molar-refractivity contribution < 1.29 is 14.6 Å². The molecule has 1 aliphatic heterocycles. The normalized spacial score (nSPS) is 18.6. The fraction of sp³-hybridized carbons (Fsp3) is 0.583. The van der Waals surface area contributed by atoms with E-state index in [2.05, 4.69) is 5.32 Å². The Labute approximate surface area is 110 Å². The number of nitrogens with one attached hydrogen (secondary N) is 1. The fourth-order valence-corrected chi connectivity index (χ4v) is 2.53. The van der Waals surface area contributed by atoms with Gasteiger partial charge in [0.15, 0.2) is 0 Å². The summed E-state index contributed by atoms with van der Waals surface area (Å²) in [7, 11) is 0. The summed E-state index contributed by atoms with van der Waals surface area (Å²) in [5, 5.41) is 14.6. The summed E-state index contributed by atoms with van der Waals surface area (Å²) < 4.78 is 5.44. The van der Waals surface area contributed by atoms with Crippen LogP contribution in [0.15, 0.2) is 17.5 Å². The van der Waals surface area contributed by atoms with Gasteiger partial charge in [-0.1, -0.05) is 6.07 Å². The van der Waals surface area contributed by atoms with E-state index in [-0.39, 0.29) is 5.91 Å². The Balaban J connectivity index is 1.62. The van der Waals surface area contributed by atoms with Crippen LogP contribution >= 0.6 is 11.3 Å². The largest absolute Gasteiger partial charge is 0.389 e. The number of rotatable bonds is 6. The number of aliphatic hydroxyl groups is 1. The summed E-state index contributed by atoms with van der Waals surface area (Å²) in [6.07, 6.45) is -0.545. The van der Waals surface area contributed by atoms with Crippen LogP contribution in [0.3, 0.4) is 0 Å². The summed E-state index contributed by atoms with van der Waals surface area (Å²) in [4.78, 5) is 14.3. The molecular formula is C12H18N2O3S. The third-order valence-corrected chi connectivity index (χ3v) is 3.57. The van der Waals surface area contributed by atoms with Crippen molar-refractivity contribution >= 4 is 17.2 Å². The lowest BCUT2D eigenvalue weighted by atomic mass is 10.3. The van der Waals surface area contributed by atoms with E-state index < -0.39 is 6.10 Å². The first kappa shape index (κ1) is 13.5. The SMILES string of the molecule is O=C1CN(CC(O)COCc2cccs2)CCN1. The highest BCUT2D eigenvalue weighted by Gasteiger charge is 2.18. The van der Waals surface area contributed by atoms with Crippen molar-refractivity contribution in [2.45, 2.75) is 12.7 Å². The van der Waals surface area contributed by atoms with Crippen molar-refractivity contribution in [2.75, 3.05) is 32.8 Å². The smallest absolute Gasteiger partial charge is 0.234 e. The molecule has 0 spiro atoms. The molecule has 1 aromatic rings. The van der Waals surface area contributed by atoms with Gasteiger partial charge in [0, 0.05) is 24.5 Å². The summed E-state index contributed by atoms with van der Waals surface area (Å²) in [6, 6.07) is 3.98. The molecule has 18 heavy (non-hydrogen) atoms. The minimum Gasteiger partial charge on any atom is -0.389 e. The van der Waals surface area contributed by atoms with Crippen LogP contribution < -0.4 is 5.32 Å². The fourth-order valence-electron chi connectivity index (χ4n) is 1.89. The van der Waals surface area contributed by atoms with Crippen LogP contribution in [0.25, 0.3) is 0 Å². The van der Waals surface area contributed by atoms with E-state index in [0.717, 1.165) is 11.4 Å². The number of ether oxygens (including phenoxy) is 1. The lowest BCUT2D eigenvalue weighted by molar-refractivity contribution is -0.124. The molecule has 1 saturated heterocycles. The zero-order valence-electron chi connectivity index (χ0n) is 10.2. The molecule has 0 aromatic carbocycles. The molecule has 0 aliphatic carbocycles. The number of piperazine rings is 1. The molecule has 1 amide bonds. The molecule has 0 radical (unpaired) electrons. The Morgan fingerprint density at radius 3 is 3.22 bits per heavy atom. The van der Waals surface area contributed by atoms with Gasteiger partial charge < -0.3 is 15.2 Å². The Morgan fingerprint density at radius 2 is 2.50 bits per heavy atom. The van der Waals surface area contributed by atoms with Crippen molar-refractivity contribution in [3.05, 3.63) is 22.4 Å². The molecule has 100 valence electrons. The zero-order chi connectivity index (χ0) is 12.8. The van der Waals surface area contributed by atoms with Gasteiger partial charge in [0.25, 0.3) is 0 Å². The average molecular weight is 270 g/mol. The van der Waals surface area contributed by atoms with Gasteiger partial charge in [-0.15, -0.1) is 11.3 Å². The standard InChI is InChI=1S/C12H18N2O3S/c15-10(6-14-4-3-13-12(16)7-14)8-17-9-11-2-1-5-18-11/h1-2,5,10,15H,3-4,6-9H2,(H,13,16). The van der Waals surface area contributed by atoms with Crippen molar-refractivity contribution in [2.24, 2.45) is 0 Å². The molecule has 1 aliphatic rings. The lowest BCUT2D eigenvalue weighted by Gasteiger charge is -2.28. The molecule has 5 nitrogen and oxygen atoms in total. The van der Waals surface area contributed by atoms with Crippen molar-refractivity contribution in [3.8, 4) is 0 Å². The van der Waals surface area contributed by atoms with E-state index in [1.54, 1.807) is 11.3 Å². The number of carbonyl (C=O) groups is 1. The number of carbonyl (C=O) groups excluding carboxylic acids is 1. The number of amides is 1. The number of hydrogen-bond donors (Lipinski definition) is 2. The predicted molar refractivity (Wildman–Crippen MR) is 69.4 cm³/mol. The summed E-state index contributed by atoms with van der Waals surface area (Å²) in [6.45, 7) is 3.13. The third kappa shape index (κ3) is 4.38. The highest BCUT2D eigenvalue weighted by Crippen LogP contribution is 2.09. The molecule has 2 heterocycles. The zero-order valence-corrected chi connectivity index (χ0v) is 11.0. The number of thiophene rings is 1. The second kappa shape index (κ2) is 6.84. The number of β-amino-alcohol motifs (C(OH)–C–C–N with tert-alkyl or cyclic N) is 1. The number of nitrogens with zero attached hydrogens (tertiary/aromatic N) is 1. The molecule has 1 atom stereocenters. The van der Waals surface area contributed by atoms with Crippen LogP contribution in [-0.2, 0) is 16.1 Å². The summed E-state index contributed by atoms with van der Waals surface area (Å²) >= 11 is 1.64. The Bertz CT molecular complexity index is 369. The van der Waals surface area contributed by atoms with Gasteiger partial charge in [0.2, 0.25) is 5.91 Å². The highest BCUT2D eigenvalue weighted by molar-refractivity contribution is 7.09. The van der Waals surface area contributed by atoms with Gasteiger partial charge in [0.1, 0.15) is 0 Å². The first-order chi connectivity index (χ1) is 8.74. The molecule has 1 fully saturated rings. The van der Waals surface area contributed by atoms with E-state index in [0.29, 0.717) is 32.8 Å². The maximum absolute atomic E-state index is 11.2. The third-order valence-electron chi connectivity index (χ3n) is 2.72. The van der Waals surface area contributed by atoms with Gasteiger partial charge >= 0.3 is 0 Å². The van der Waals surface area contributed by atoms with Crippen LogP contribution in [0.1, 0.15) is 4.88 Å². The highest BCUT2D eigenvalue weighted by atomic mass is 32.1. The maximum Gasteiger partial charge on any atom is 0.234 e. The first-order valence-corrected chi connectivity index (χ1v) is 6.89. The molecule has 1 aromatic heterocycles. The molecule has 6 heteroatoms. The van der Waals surface area contributed by atoms with Gasteiger partial charge in [-0.2, -0.15) is 0 Å². The first-order valence-electron chi connectivity index (χ1n) is 6.01. The van der Waals surface area contributed by atoms with Gasteiger partial charge in [-0.3, -0.25) is 9.69 Å². The van der Waals surface area contributed by atoms with Crippen LogP contribution in [-0.4, -0.2) is 54.8 Å². The molecule has 2 N–H and O–H groups in total. The average Bonchev–Trinajstić information content (AvgIpc) is 2.82. The van der Waals surface area contributed by atoms with Crippen molar-refractivity contribution in [3.63, 3.8) is 0 Å². The number of aliphatic hydroxyl groups excluding tert-OH is 1. The van der Waals surface area contributed by atoms with E-state index in [1.165, 1.54) is 0 Å². The Kier molecular flexibility index (Phi) is 5.12. The van der Waals surface area contributed by atoms with E-state index in [9.17, 15) is 9.90 Å². The second-order valence-electron chi connectivity index (χ2n) is 4.33. The van der Waals surface area contributed by atoms with Crippen molar-refractivity contribution in [1.29, 1.82) is 0 Å². The second-order valence-corrected chi connectivity index (χ2v) is 5.37. The summed E-state index contributed by atoms with van der Waals surface area (Å²) in [5.41, 5.74) is 0. The maximum atomic E-state index is 11.2. The predicted octanol–water partition coefficient (Wildman–Crippen LogP) is 0.0574. The van der Waals surface area contributed by atoms with Gasteiger partial charge in [-0.25, -0.2) is 0 Å². The van der Waals surface area contributed by atoms with E-state index >= 15 is 0 Å². The Morgan fingerprint density at radius 1 is 1.61 bits per heavy atom. The van der Waals surface area contributed by atoms with Crippen LogP contribution in [0.5, 0.6) is 0 Å². The quantitative estimate of drug-likeness (QED) is 0.767. The lowest BCUT2D eigenvalue weighted by Crippen LogP contribution is -2.50. The van der Waals surface area contributed by atoms with Crippen LogP contribution in [0, 0.1) is 0 Å². The molecule has 1 unspecified atom stereocenters. The summed E-state index contributed by atoms with van der Waals surface area (Å²) in [5.74, 6) is 0.0213. The topological polar surface area (TPSA) is 61.8 Å². The van der Waals surface area contributed by atoms with E-state index in [4.69, 9.17) is 4.74 Å². The minimum atomic E-state index is -0.545. The monoisotopic (exact) mass is 270 g/mol. The van der Waals surface area contributed by atoms with Crippen LogP contribution in [0.2, 0.25) is 0 Å². The number of hydrogen-bond acceptors (Lipinski definition) is 5. The van der Waals surface area contributed by atoms with E-state index in [1.807, 2.05) is 22.4 Å². The molecular weight excluding hydrogens is 252 g/mol. The Hall–Kier alpha value is -0.950. The van der Waals surface area contributed by atoms with Crippen LogP contribution in [0.4, 0.5) is 0 Å².